The summed E-state index contributed by atoms with van der Waals surface area (Å²) in [4.78, 5) is 13.8. The molecule has 0 aliphatic heterocycles. The highest BCUT2D eigenvalue weighted by Gasteiger charge is 2.26. The second-order valence-corrected chi connectivity index (χ2v) is 6.95. The summed E-state index contributed by atoms with van der Waals surface area (Å²) >= 11 is 1.72. The molecule has 22 heavy (non-hydrogen) atoms. The number of thioether (sulfide) groups is 1. The number of rotatable bonds is 7. The van der Waals surface area contributed by atoms with Crippen molar-refractivity contribution in [3.8, 4) is 0 Å². The van der Waals surface area contributed by atoms with Crippen molar-refractivity contribution in [3.63, 3.8) is 0 Å². The van der Waals surface area contributed by atoms with E-state index in [1.54, 1.807) is 37.7 Å². The number of benzene rings is 1. The predicted molar refractivity (Wildman–Crippen MR) is 91.5 cm³/mol. The van der Waals surface area contributed by atoms with E-state index in [0.717, 1.165) is 29.5 Å². The first-order chi connectivity index (χ1) is 10.3. The van der Waals surface area contributed by atoms with E-state index in [-0.39, 0.29) is 10.6 Å². The maximum Gasteiger partial charge on any atom is 0.273 e. The number of nitro groups is 1. The van der Waals surface area contributed by atoms with E-state index in [9.17, 15) is 15.2 Å². The van der Waals surface area contributed by atoms with Crippen molar-refractivity contribution in [3.05, 3.63) is 39.6 Å². The first-order valence-electron chi connectivity index (χ1n) is 7.43. The highest BCUT2D eigenvalue weighted by atomic mass is 32.2. The summed E-state index contributed by atoms with van der Waals surface area (Å²) in [5.74, 6) is 1.62. The molecule has 0 saturated heterocycles. The third-order valence-electron chi connectivity index (χ3n) is 3.74. The van der Waals surface area contributed by atoms with Gasteiger partial charge >= 0.3 is 0 Å². The fourth-order valence-corrected chi connectivity index (χ4v) is 3.55. The number of aryl methyl sites for hydroxylation is 1. The van der Waals surface area contributed by atoms with Gasteiger partial charge in [-0.1, -0.05) is 13.3 Å². The summed E-state index contributed by atoms with van der Waals surface area (Å²) in [5.41, 5.74) is 1.27. The molecule has 0 aliphatic carbocycles. The van der Waals surface area contributed by atoms with E-state index in [1.165, 1.54) is 0 Å². The Morgan fingerprint density at radius 1 is 1.41 bits per heavy atom. The first-order valence-corrected chi connectivity index (χ1v) is 8.59. The number of aromatic nitrogens is 1. The molecule has 1 unspecified atom stereocenters. The first kappa shape index (κ1) is 16.8. The molecule has 2 N–H and O–H groups in total. The van der Waals surface area contributed by atoms with Crippen molar-refractivity contribution < 1.29 is 10.0 Å². The van der Waals surface area contributed by atoms with Crippen molar-refractivity contribution in [2.24, 2.45) is 0 Å². The maximum absolute atomic E-state index is 11.0. The van der Waals surface area contributed by atoms with Crippen LogP contribution in [0.1, 0.15) is 37.9 Å². The molecule has 0 spiro atoms. The van der Waals surface area contributed by atoms with Crippen molar-refractivity contribution in [1.29, 1.82) is 0 Å². The molecular formula is C16H22N2O3S. The van der Waals surface area contributed by atoms with Crippen LogP contribution in [-0.2, 0) is 5.60 Å². The molecule has 0 amide bonds. The van der Waals surface area contributed by atoms with Gasteiger partial charge in [-0.3, -0.25) is 10.1 Å². The van der Waals surface area contributed by atoms with Gasteiger partial charge in [0.15, 0.2) is 0 Å². The van der Waals surface area contributed by atoms with Crippen molar-refractivity contribution in [2.75, 3.05) is 11.5 Å². The minimum Gasteiger partial charge on any atom is -0.383 e. The van der Waals surface area contributed by atoms with Crippen LogP contribution in [0.5, 0.6) is 0 Å². The van der Waals surface area contributed by atoms with Crippen molar-refractivity contribution >= 4 is 28.4 Å². The topological polar surface area (TPSA) is 79.2 Å². The number of nitro benzene ring substituents is 1. The third-order valence-corrected chi connectivity index (χ3v) is 5.08. The molecule has 0 fully saturated rings. The smallest absolute Gasteiger partial charge is 0.273 e. The summed E-state index contributed by atoms with van der Waals surface area (Å²) in [5, 5.41) is 22.4. The highest BCUT2D eigenvalue weighted by molar-refractivity contribution is 7.99. The largest absolute Gasteiger partial charge is 0.383 e. The molecule has 6 heteroatoms. The maximum atomic E-state index is 11.0. The number of aromatic amines is 1. The molecule has 0 bridgehead atoms. The summed E-state index contributed by atoms with van der Waals surface area (Å²) < 4.78 is 0. The van der Waals surface area contributed by atoms with Crippen molar-refractivity contribution in [2.45, 2.75) is 39.2 Å². The number of nitrogens with one attached hydrogen (secondary N) is 1. The fourth-order valence-electron chi connectivity index (χ4n) is 2.36. The Bertz CT molecular complexity index is 679. The van der Waals surface area contributed by atoms with Crippen LogP contribution >= 0.6 is 11.8 Å². The van der Waals surface area contributed by atoms with E-state index in [4.69, 9.17) is 0 Å². The second-order valence-electron chi connectivity index (χ2n) is 5.85. The number of aliphatic hydroxyl groups is 1. The van der Waals surface area contributed by atoms with Gasteiger partial charge in [-0.25, -0.2) is 0 Å². The van der Waals surface area contributed by atoms with Crippen LogP contribution in [0.3, 0.4) is 0 Å². The Labute approximate surface area is 134 Å². The Kier molecular flexibility index (Phi) is 5.13. The molecule has 2 rings (SSSR count). The number of hydrogen-bond acceptors (Lipinski definition) is 4. The van der Waals surface area contributed by atoms with Crippen LogP contribution in [0.25, 0.3) is 10.9 Å². The zero-order valence-electron chi connectivity index (χ0n) is 13.2. The molecule has 0 radical (unpaired) electrons. The quantitative estimate of drug-likeness (QED) is 0.456. The van der Waals surface area contributed by atoms with Gasteiger partial charge in [-0.15, -0.1) is 0 Å². The molecule has 1 aromatic carbocycles. The Morgan fingerprint density at radius 2 is 2.14 bits per heavy atom. The summed E-state index contributed by atoms with van der Waals surface area (Å²) in [6, 6.07) is 5.13. The lowest BCUT2D eigenvalue weighted by Gasteiger charge is -2.21. The van der Waals surface area contributed by atoms with Crippen LogP contribution in [-0.4, -0.2) is 26.5 Å². The van der Waals surface area contributed by atoms with Gasteiger partial charge in [0.25, 0.3) is 5.69 Å². The molecule has 1 heterocycles. The summed E-state index contributed by atoms with van der Waals surface area (Å²) in [7, 11) is 0. The lowest BCUT2D eigenvalue weighted by Crippen LogP contribution is -2.25. The van der Waals surface area contributed by atoms with Crippen LogP contribution < -0.4 is 0 Å². The van der Waals surface area contributed by atoms with E-state index in [0.29, 0.717) is 17.0 Å². The molecule has 120 valence electrons. The molecule has 0 aliphatic rings. The number of unbranched alkanes of at least 4 members (excludes halogenated alkanes) is 1. The van der Waals surface area contributed by atoms with Gasteiger partial charge < -0.3 is 10.1 Å². The van der Waals surface area contributed by atoms with E-state index < -0.39 is 5.60 Å². The predicted octanol–water partition coefficient (Wildman–Crippen LogP) is 4.13. The summed E-state index contributed by atoms with van der Waals surface area (Å²) in [6.07, 6.45) is 2.28. The second kappa shape index (κ2) is 6.71. The average Bonchev–Trinajstić information content (AvgIpc) is 2.86. The zero-order chi connectivity index (χ0) is 16.3. The molecule has 2 aromatic rings. The van der Waals surface area contributed by atoms with Crippen molar-refractivity contribution in [1.82, 2.24) is 4.98 Å². The summed E-state index contributed by atoms with van der Waals surface area (Å²) in [6.45, 7) is 5.64. The molecular weight excluding hydrogens is 300 g/mol. The molecule has 0 saturated carbocycles. The molecule has 1 atom stereocenters. The Balaban J connectivity index is 2.26. The third kappa shape index (κ3) is 3.62. The minimum absolute atomic E-state index is 0.106. The SMILES string of the molecule is CCCCSCC(C)(O)c1cc2cc([N+](=O)[O-])c(C)cc2[nH]1. The lowest BCUT2D eigenvalue weighted by atomic mass is 10.1. The van der Waals surface area contributed by atoms with Crippen LogP contribution in [0, 0.1) is 17.0 Å². The number of fused-ring (bicyclic) bond motifs is 1. The van der Waals surface area contributed by atoms with E-state index in [1.807, 2.05) is 6.07 Å². The zero-order valence-corrected chi connectivity index (χ0v) is 14.0. The minimum atomic E-state index is -0.972. The highest BCUT2D eigenvalue weighted by Crippen LogP contribution is 2.31. The Morgan fingerprint density at radius 3 is 2.77 bits per heavy atom. The Hall–Kier alpha value is -1.53. The number of nitrogens with zero attached hydrogens (tertiary/aromatic N) is 1. The number of hydrogen-bond donors (Lipinski definition) is 2. The fraction of sp³-hybridized carbons (Fsp3) is 0.500. The van der Waals surface area contributed by atoms with Gasteiger partial charge in [0, 0.05) is 34.0 Å². The van der Waals surface area contributed by atoms with Crippen LogP contribution in [0.4, 0.5) is 5.69 Å². The standard InChI is InChI=1S/C16H22N2O3S/c1-4-5-6-22-10-16(3,19)15-9-12-8-14(18(20)21)11(2)7-13(12)17-15/h7-9,17,19H,4-6,10H2,1-3H3. The monoisotopic (exact) mass is 322 g/mol. The van der Waals surface area contributed by atoms with E-state index in [2.05, 4.69) is 11.9 Å². The van der Waals surface area contributed by atoms with Gasteiger partial charge in [0.2, 0.25) is 0 Å². The number of H-pyrrole nitrogens is 1. The molecule has 1 aromatic heterocycles. The van der Waals surface area contributed by atoms with Crippen LogP contribution in [0.2, 0.25) is 0 Å². The van der Waals surface area contributed by atoms with E-state index >= 15 is 0 Å². The lowest BCUT2D eigenvalue weighted by molar-refractivity contribution is -0.385. The van der Waals surface area contributed by atoms with Gasteiger partial charge in [-0.2, -0.15) is 11.8 Å². The van der Waals surface area contributed by atoms with Gasteiger partial charge in [0.05, 0.1) is 4.92 Å². The molecule has 5 nitrogen and oxygen atoms in total. The average molecular weight is 322 g/mol. The van der Waals surface area contributed by atoms with Gasteiger partial charge in [-0.05, 0) is 38.2 Å². The normalized spacial score (nSPS) is 14.2. The van der Waals surface area contributed by atoms with Crippen LogP contribution in [0.15, 0.2) is 18.2 Å². The van der Waals surface area contributed by atoms with Gasteiger partial charge in [0.1, 0.15) is 5.60 Å².